The minimum atomic E-state index is -0.128. The molecule has 0 aliphatic heterocycles. The summed E-state index contributed by atoms with van der Waals surface area (Å²) in [5.41, 5.74) is 1.45. The van der Waals surface area contributed by atoms with Gasteiger partial charge in [-0.1, -0.05) is 51.3 Å². The van der Waals surface area contributed by atoms with E-state index in [9.17, 15) is 4.79 Å². The molecule has 0 unspecified atom stereocenters. The van der Waals surface area contributed by atoms with Gasteiger partial charge < -0.3 is 4.90 Å². The molecular formula is C15H12BrCl2NO. The Hall–Kier alpha value is -1.03. The van der Waals surface area contributed by atoms with Gasteiger partial charge in [-0.3, -0.25) is 4.79 Å². The number of benzene rings is 2. The fourth-order valence-corrected chi connectivity index (χ4v) is 2.62. The van der Waals surface area contributed by atoms with Crippen LogP contribution in [0.1, 0.15) is 15.9 Å². The predicted octanol–water partition coefficient (Wildman–Crippen LogP) is 5.03. The lowest BCUT2D eigenvalue weighted by Crippen LogP contribution is -2.26. The molecule has 2 nitrogen and oxygen atoms in total. The van der Waals surface area contributed by atoms with Crippen molar-refractivity contribution in [2.45, 2.75) is 6.54 Å². The number of carbonyl (C=O) groups is 1. The van der Waals surface area contributed by atoms with E-state index in [2.05, 4.69) is 15.9 Å². The smallest absolute Gasteiger partial charge is 0.255 e. The number of rotatable bonds is 3. The van der Waals surface area contributed by atoms with Gasteiger partial charge in [0.05, 0.1) is 10.6 Å². The van der Waals surface area contributed by atoms with Crippen LogP contribution in [0.25, 0.3) is 0 Å². The highest BCUT2D eigenvalue weighted by Crippen LogP contribution is 2.23. The van der Waals surface area contributed by atoms with Crippen molar-refractivity contribution in [2.24, 2.45) is 0 Å². The Labute approximate surface area is 136 Å². The van der Waals surface area contributed by atoms with E-state index in [0.717, 1.165) is 10.0 Å². The second-order valence-corrected chi connectivity index (χ2v) is 6.17. The highest BCUT2D eigenvalue weighted by molar-refractivity contribution is 9.10. The first kappa shape index (κ1) is 15.4. The quantitative estimate of drug-likeness (QED) is 0.739. The minimum Gasteiger partial charge on any atom is -0.337 e. The molecule has 2 rings (SSSR count). The lowest BCUT2D eigenvalue weighted by molar-refractivity contribution is 0.0785. The minimum absolute atomic E-state index is 0.128. The summed E-state index contributed by atoms with van der Waals surface area (Å²) in [4.78, 5) is 14.0. The van der Waals surface area contributed by atoms with Gasteiger partial charge in [-0.25, -0.2) is 0 Å². The molecule has 0 heterocycles. The van der Waals surface area contributed by atoms with Crippen molar-refractivity contribution >= 4 is 45.0 Å². The van der Waals surface area contributed by atoms with Crippen LogP contribution in [0.5, 0.6) is 0 Å². The number of hydrogen-bond donors (Lipinski definition) is 0. The van der Waals surface area contributed by atoms with Gasteiger partial charge in [-0.15, -0.1) is 0 Å². The monoisotopic (exact) mass is 371 g/mol. The molecule has 0 N–H and O–H groups in total. The number of halogens is 3. The van der Waals surface area contributed by atoms with Crippen LogP contribution in [0, 0.1) is 0 Å². The number of nitrogens with zero attached hydrogens (tertiary/aromatic N) is 1. The first-order valence-electron chi connectivity index (χ1n) is 5.92. The molecule has 0 aliphatic carbocycles. The van der Waals surface area contributed by atoms with E-state index in [1.54, 1.807) is 36.2 Å². The van der Waals surface area contributed by atoms with E-state index >= 15 is 0 Å². The van der Waals surface area contributed by atoms with Crippen LogP contribution >= 0.6 is 39.1 Å². The SMILES string of the molecule is CN(Cc1cccc(Cl)c1)C(=O)c1cc(Br)ccc1Cl. The summed E-state index contributed by atoms with van der Waals surface area (Å²) < 4.78 is 0.821. The van der Waals surface area contributed by atoms with Crippen molar-refractivity contribution < 1.29 is 4.79 Å². The van der Waals surface area contributed by atoms with Gasteiger partial charge >= 0.3 is 0 Å². The van der Waals surface area contributed by atoms with Gasteiger partial charge in [0.1, 0.15) is 0 Å². The van der Waals surface area contributed by atoms with Crippen molar-refractivity contribution in [2.75, 3.05) is 7.05 Å². The zero-order valence-electron chi connectivity index (χ0n) is 10.7. The molecule has 20 heavy (non-hydrogen) atoms. The van der Waals surface area contributed by atoms with Gasteiger partial charge in [-0.05, 0) is 35.9 Å². The zero-order valence-corrected chi connectivity index (χ0v) is 13.8. The molecule has 0 aliphatic rings. The lowest BCUT2D eigenvalue weighted by Gasteiger charge is -2.18. The van der Waals surface area contributed by atoms with E-state index in [0.29, 0.717) is 22.2 Å². The topological polar surface area (TPSA) is 20.3 Å². The largest absolute Gasteiger partial charge is 0.337 e. The van der Waals surface area contributed by atoms with Crippen LogP contribution in [0.4, 0.5) is 0 Å². The Morgan fingerprint density at radius 3 is 2.65 bits per heavy atom. The summed E-state index contributed by atoms with van der Waals surface area (Å²) in [5, 5.41) is 1.10. The third kappa shape index (κ3) is 3.75. The van der Waals surface area contributed by atoms with Crippen molar-refractivity contribution in [3.8, 4) is 0 Å². The normalized spacial score (nSPS) is 10.4. The fraction of sp³-hybridized carbons (Fsp3) is 0.133. The van der Waals surface area contributed by atoms with Crippen molar-refractivity contribution in [1.82, 2.24) is 4.90 Å². The first-order valence-corrected chi connectivity index (χ1v) is 7.47. The van der Waals surface area contributed by atoms with E-state index in [-0.39, 0.29) is 5.91 Å². The van der Waals surface area contributed by atoms with Crippen LogP contribution in [0.2, 0.25) is 10.0 Å². The molecule has 0 bridgehead atoms. The van der Waals surface area contributed by atoms with Gasteiger partial charge in [0, 0.05) is 23.1 Å². The molecule has 0 saturated carbocycles. The molecule has 0 atom stereocenters. The number of carbonyl (C=O) groups excluding carboxylic acids is 1. The summed E-state index contributed by atoms with van der Waals surface area (Å²) in [7, 11) is 1.74. The van der Waals surface area contributed by atoms with Crippen molar-refractivity contribution in [3.63, 3.8) is 0 Å². The van der Waals surface area contributed by atoms with Crippen LogP contribution in [-0.4, -0.2) is 17.9 Å². The van der Waals surface area contributed by atoms with Gasteiger partial charge in [0.2, 0.25) is 0 Å². The summed E-state index contributed by atoms with van der Waals surface area (Å²) in [6.45, 7) is 0.474. The molecule has 0 radical (unpaired) electrons. The molecule has 5 heteroatoms. The van der Waals surface area contributed by atoms with E-state index in [4.69, 9.17) is 23.2 Å². The Morgan fingerprint density at radius 2 is 1.95 bits per heavy atom. The predicted molar refractivity (Wildman–Crippen MR) is 86.4 cm³/mol. The third-order valence-electron chi connectivity index (χ3n) is 2.81. The molecule has 2 aromatic rings. The molecular weight excluding hydrogens is 361 g/mol. The van der Waals surface area contributed by atoms with E-state index in [1.807, 2.05) is 18.2 Å². The zero-order chi connectivity index (χ0) is 14.7. The maximum absolute atomic E-state index is 12.4. The molecule has 104 valence electrons. The Balaban J connectivity index is 2.18. The first-order chi connectivity index (χ1) is 9.47. The summed E-state index contributed by atoms with van der Waals surface area (Å²) in [6, 6.07) is 12.7. The number of hydrogen-bond acceptors (Lipinski definition) is 1. The van der Waals surface area contributed by atoms with Crippen LogP contribution < -0.4 is 0 Å². The Morgan fingerprint density at radius 1 is 1.20 bits per heavy atom. The van der Waals surface area contributed by atoms with Crippen LogP contribution in [-0.2, 0) is 6.54 Å². The highest BCUT2D eigenvalue weighted by atomic mass is 79.9. The maximum Gasteiger partial charge on any atom is 0.255 e. The van der Waals surface area contributed by atoms with Gasteiger partial charge in [0.25, 0.3) is 5.91 Å². The maximum atomic E-state index is 12.4. The van der Waals surface area contributed by atoms with Crippen LogP contribution in [0.3, 0.4) is 0 Å². The van der Waals surface area contributed by atoms with Crippen molar-refractivity contribution in [3.05, 3.63) is 68.1 Å². The average molecular weight is 373 g/mol. The van der Waals surface area contributed by atoms with E-state index < -0.39 is 0 Å². The lowest BCUT2D eigenvalue weighted by atomic mass is 10.1. The van der Waals surface area contributed by atoms with E-state index in [1.165, 1.54) is 0 Å². The third-order valence-corrected chi connectivity index (χ3v) is 3.87. The Bertz CT molecular complexity index is 646. The standard InChI is InChI=1S/C15H12BrCl2NO/c1-19(9-10-3-2-4-12(17)7-10)15(20)13-8-11(16)5-6-14(13)18/h2-8H,9H2,1H3. The Kier molecular flexibility index (Phi) is 5.08. The molecule has 0 spiro atoms. The fourth-order valence-electron chi connectivity index (χ4n) is 1.85. The average Bonchev–Trinajstić information content (AvgIpc) is 2.40. The number of amides is 1. The highest BCUT2D eigenvalue weighted by Gasteiger charge is 2.15. The molecule has 1 amide bonds. The summed E-state index contributed by atoms with van der Waals surface area (Å²) in [6.07, 6.45) is 0. The summed E-state index contributed by atoms with van der Waals surface area (Å²) >= 11 is 15.4. The molecule has 0 saturated heterocycles. The second kappa shape index (κ2) is 6.61. The molecule has 0 aromatic heterocycles. The molecule has 0 fully saturated rings. The van der Waals surface area contributed by atoms with Crippen LogP contribution in [0.15, 0.2) is 46.9 Å². The van der Waals surface area contributed by atoms with Gasteiger partial charge in [0.15, 0.2) is 0 Å². The summed E-state index contributed by atoms with van der Waals surface area (Å²) in [5.74, 6) is -0.128. The van der Waals surface area contributed by atoms with Crippen molar-refractivity contribution in [1.29, 1.82) is 0 Å². The second-order valence-electron chi connectivity index (χ2n) is 4.42. The molecule has 2 aromatic carbocycles. The van der Waals surface area contributed by atoms with Gasteiger partial charge in [-0.2, -0.15) is 0 Å².